The zero-order valence-electron chi connectivity index (χ0n) is 22.2. The van der Waals surface area contributed by atoms with Gasteiger partial charge in [0.15, 0.2) is 5.13 Å². The van der Waals surface area contributed by atoms with Crippen molar-refractivity contribution < 1.29 is 22.7 Å². The molecule has 8 nitrogen and oxygen atoms in total. The summed E-state index contributed by atoms with van der Waals surface area (Å²) in [4.78, 5) is 20.8. The van der Waals surface area contributed by atoms with E-state index in [1.807, 2.05) is 43.3 Å². The Bertz CT molecular complexity index is 1520. The molecular weight excluding hydrogens is 534 g/mol. The fourth-order valence-electron chi connectivity index (χ4n) is 4.82. The summed E-state index contributed by atoms with van der Waals surface area (Å²) in [6.07, 6.45) is 0.875. The molecule has 4 aromatic rings. The van der Waals surface area contributed by atoms with E-state index in [2.05, 4.69) is 0 Å². The van der Waals surface area contributed by atoms with Crippen LogP contribution in [0.15, 0.2) is 71.6 Å². The molecule has 3 aromatic carbocycles. The number of rotatable bonds is 8. The molecule has 10 heteroatoms. The lowest BCUT2D eigenvalue weighted by Crippen LogP contribution is -2.44. The molecule has 2 heterocycles. The number of piperidine rings is 1. The number of amides is 1. The van der Waals surface area contributed by atoms with Crippen LogP contribution in [0.2, 0.25) is 0 Å². The number of benzene rings is 3. The Balaban J connectivity index is 1.42. The van der Waals surface area contributed by atoms with Crippen LogP contribution in [-0.4, -0.2) is 50.9 Å². The molecule has 1 fully saturated rings. The fourth-order valence-corrected chi connectivity index (χ4v) is 7.37. The first-order valence-corrected chi connectivity index (χ1v) is 15.0. The number of anilines is 1. The van der Waals surface area contributed by atoms with E-state index in [-0.39, 0.29) is 29.8 Å². The van der Waals surface area contributed by atoms with Gasteiger partial charge in [-0.1, -0.05) is 59.4 Å². The van der Waals surface area contributed by atoms with E-state index in [4.69, 9.17) is 14.5 Å². The van der Waals surface area contributed by atoms with Gasteiger partial charge in [-0.05, 0) is 49.6 Å². The van der Waals surface area contributed by atoms with Crippen LogP contribution in [0, 0.1) is 12.8 Å². The Morgan fingerprint density at radius 3 is 2.26 bits per heavy atom. The number of hydrogen-bond acceptors (Lipinski definition) is 7. The number of aromatic nitrogens is 1. The molecule has 0 N–H and O–H groups in total. The molecule has 5 rings (SSSR count). The van der Waals surface area contributed by atoms with E-state index in [9.17, 15) is 13.2 Å². The largest absolute Gasteiger partial charge is 0.495 e. The second kappa shape index (κ2) is 11.3. The van der Waals surface area contributed by atoms with Crippen molar-refractivity contribution in [1.82, 2.24) is 9.29 Å². The monoisotopic (exact) mass is 565 g/mol. The third kappa shape index (κ3) is 5.50. The van der Waals surface area contributed by atoms with Gasteiger partial charge in [-0.15, -0.1) is 0 Å². The van der Waals surface area contributed by atoms with Gasteiger partial charge in [0, 0.05) is 19.0 Å². The first-order chi connectivity index (χ1) is 18.8. The number of carbonyl (C=O) groups is 1. The van der Waals surface area contributed by atoms with Gasteiger partial charge >= 0.3 is 0 Å². The molecule has 1 aromatic heterocycles. The molecule has 0 spiro atoms. The van der Waals surface area contributed by atoms with Gasteiger partial charge < -0.3 is 9.47 Å². The number of fused-ring (bicyclic) bond motifs is 1. The minimum Gasteiger partial charge on any atom is -0.495 e. The molecule has 204 valence electrons. The number of thiazole rings is 1. The second-order valence-corrected chi connectivity index (χ2v) is 12.5. The van der Waals surface area contributed by atoms with E-state index < -0.39 is 10.0 Å². The summed E-state index contributed by atoms with van der Waals surface area (Å²) in [5.74, 6) is 0.878. The third-order valence-corrected chi connectivity index (χ3v) is 10.0. The number of methoxy groups -OCH3 is 2. The normalized spacial score (nSPS) is 14.8. The molecule has 0 saturated carbocycles. The first-order valence-electron chi connectivity index (χ1n) is 12.8. The molecule has 1 aliphatic heterocycles. The maximum absolute atomic E-state index is 14.0. The van der Waals surface area contributed by atoms with E-state index in [1.165, 1.54) is 15.6 Å². The van der Waals surface area contributed by atoms with Crippen molar-refractivity contribution in [3.8, 4) is 11.5 Å². The highest BCUT2D eigenvalue weighted by atomic mass is 32.2. The fraction of sp³-hybridized carbons (Fsp3) is 0.310. The van der Waals surface area contributed by atoms with Crippen molar-refractivity contribution in [2.75, 3.05) is 32.2 Å². The molecule has 0 radical (unpaired) electrons. The molecule has 1 saturated heterocycles. The zero-order chi connectivity index (χ0) is 27.6. The topological polar surface area (TPSA) is 89.0 Å². The Hall–Kier alpha value is -3.47. The van der Waals surface area contributed by atoms with Gasteiger partial charge in [0.2, 0.25) is 15.9 Å². The van der Waals surface area contributed by atoms with Crippen LogP contribution in [0.25, 0.3) is 10.2 Å². The maximum atomic E-state index is 14.0. The minimum absolute atomic E-state index is 0.0665. The molecule has 0 bridgehead atoms. The average Bonchev–Trinajstić information content (AvgIpc) is 3.41. The summed E-state index contributed by atoms with van der Waals surface area (Å²) < 4.78 is 39.7. The number of nitrogens with zero attached hydrogens (tertiary/aromatic N) is 3. The van der Waals surface area contributed by atoms with Crippen LogP contribution >= 0.6 is 11.3 Å². The van der Waals surface area contributed by atoms with Crippen molar-refractivity contribution in [3.05, 3.63) is 77.9 Å². The highest BCUT2D eigenvalue weighted by Gasteiger charge is 2.35. The van der Waals surface area contributed by atoms with E-state index in [0.717, 1.165) is 15.8 Å². The van der Waals surface area contributed by atoms with Crippen molar-refractivity contribution in [2.45, 2.75) is 31.2 Å². The van der Waals surface area contributed by atoms with E-state index in [0.29, 0.717) is 41.5 Å². The Morgan fingerprint density at radius 1 is 0.974 bits per heavy atom. The lowest BCUT2D eigenvalue weighted by molar-refractivity contribution is -0.123. The van der Waals surface area contributed by atoms with Crippen molar-refractivity contribution in [2.24, 2.45) is 5.92 Å². The summed E-state index contributed by atoms with van der Waals surface area (Å²) in [5.41, 5.74) is 2.62. The first kappa shape index (κ1) is 27.1. The van der Waals surface area contributed by atoms with Gasteiger partial charge in [-0.25, -0.2) is 13.4 Å². The quantitative estimate of drug-likeness (QED) is 0.290. The second-order valence-electron chi connectivity index (χ2n) is 9.55. The predicted molar refractivity (Wildman–Crippen MR) is 153 cm³/mol. The molecular formula is C29H31N3O5S2. The molecule has 0 aliphatic carbocycles. The van der Waals surface area contributed by atoms with Crippen LogP contribution in [0.3, 0.4) is 0 Å². The predicted octanol–water partition coefficient (Wildman–Crippen LogP) is 5.26. The summed E-state index contributed by atoms with van der Waals surface area (Å²) >= 11 is 1.38. The Kier molecular flexibility index (Phi) is 7.88. The lowest BCUT2D eigenvalue weighted by atomic mass is 9.96. The van der Waals surface area contributed by atoms with E-state index in [1.54, 1.807) is 49.5 Å². The molecule has 39 heavy (non-hydrogen) atoms. The Morgan fingerprint density at radius 2 is 1.62 bits per heavy atom. The van der Waals surface area contributed by atoms with Crippen LogP contribution in [0.4, 0.5) is 5.13 Å². The van der Waals surface area contributed by atoms with Gasteiger partial charge in [0.05, 0.1) is 25.7 Å². The molecule has 0 unspecified atom stereocenters. The number of sulfonamides is 1. The molecule has 0 atom stereocenters. The summed E-state index contributed by atoms with van der Waals surface area (Å²) in [5, 5.41) is 0.552. The SMILES string of the molecule is COc1ccc(OC)c2sc(N(Cc3ccccc3)C(=O)C3CCN(S(=O)(=O)c4ccc(C)cc4)CC3)nc12. The summed E-state index contributed by atoms with van der Waals surface area (Å²) in [6.45, 7) is 2.85. The third-order valence-electron chi connectivity index (χ3n) is 7.04. The molecule has 1 amide bonds. The average molecular weight is 566 g/mol. The van der Waals surface area contributed by atoms with Gasteiger partial charge in [0.25, 0.3) is 0 Å². The van der Waals surface area contributed by atoms with Gasteiger partial charge in [0.1, 0.15) is 21.7 Å². The lowest BCUT2D eigenvalue weighted by Gasteiger charge is -2.33. The van der Waals surface area contributed by atoms with Crippen molar-refractivity contribution >= 4 is 42.6 Å². The van der Waals surface area contributed by atoms with Crippen molar-refractivity contribution in [3.63, 3.8) is 0 Å². The highest BCUT2D eigenvalue weighted by Crippen LogP contribution is 2.41. The maximum Gasteiger partial charge on any atom is 0.243 e. The smallest absolute Gasteiger partial charge is 0.243 e. The number of aryl methyl sites for hydroxylation is 1. The van der Waals surface area contributed by atoms with Crippen LogP contribution in [0.5, 0.6) is 11.5 Å². The molecule has 1 aliphatic rings. The summed E-state index contributed by atoms with van der Waals surface area (Å²) in [6, 6.07) is 20.3. The highest BCUT2D eigenvalue weighted by molar-refractivity contribution is 7.89. The number of ether oxygens (including phenoxy) is 2. The number of carbonyl (C=O) groups excluding carboxylic acids is 1. The van der Waals surface area contributed by atoms with Gasteiger partial charge in [-0.2, -0.15) is 4.31 Å². The number of hydrogen-bond donors (Lipinski definition) is 0. The van der Waals surface area contributed by atoms with Gasteiger partial charge in [-0.3, -0.25) is 9.69 Å². The van der Waals surface area contributed by atoms with Crippen LogP contribution < -0.4 is 14.4 Å². The standard InChI is InChI=1S/C29H31N3O5S2/c1-20-9-11-23(12-10-20)39(34,35)31-17-15-22(16-18-31)28(33)32(19-21-7-5-4-6-8-21)29-30-26-24(36-2)13-14-25(37-3)27(26)38-29/h4-14,22H,15-19H2,1-3H3. The minimum atomic E-state index is -3.61. The van der Waals surface area contributed by atoms with Crippen molar-refractivity contribution in [1.29, 1.82) is 0 Å². The zero-order valence-corrected chi connectivity index (χ0v) is 23.8. The van der Waals surface area contributed by atoms with Crippen LogP contribution in [-0.2, 0) is 21.4 Å². The van der Waals surface area contributed by atoms with Crippen LogP contribution in [0.1, 0.15) is 24.0 Å². The summed E-state index contributed by atoms with van der Waals surface area (Å²) in [7, 11) is -0.419. The van der Waals surface area contributed by atoms with E-state index >= 15 is 0 Å². The Labute approximate surface area is 232 Å².